The van der Waals surface area contributed by atoms with E-state index < -0.39 is 0 Å². The molecule has 0 N–H and O–H groups in total. The average molecular weight is 855 g/mol. The third-order valence-corrected chi connectivity index (χ3v) is 10.2. The van der Waals surface area contributed by atoms with Crippen molar-refractivity contribution in [3.63, 3.8) is 0 Å². The largest absolute Gasteiger partial charge is 0.305 e. The SMILES string of the molecule is CC(C)(C)c1cc[c-]c(-c2nccc3c2C(C)(C)c2c-3ccc3ccccc23)c1.CC(C)(C)c1ccnc(-c2[c-]ccc(-c3ccccc3)c2)c1.[Ir]. The zero-order valence-corrected chi connectivity index (χ0v) is 33.8. The summed E-state index contributed by atoms with van der Waals surface area (Å²) in [6.07, 6.45) is 3.84. The van der Waals surface area contributed by atoms with Gasteiger partial charge < -0.3 is 9.97 Å². The van der Waals surface area contributed by atoms with Gasteiger partial charge in [-0.2, -0.15) is 0 Å². The molecule has 0 fully saturated rings. The molecule has 263 valence electrons. The number of rotatable bonds is 3. The second-order valence-corrected chi connectivity index (χ2v) is 16.2. The van der Waals surface area contributed by atoms with Gasteiger partial charge in [0.2, 0.25) is 0 Å². The zero-order valence-electron chi connectivity index (χ0n) is 31.4. The van der Waals surface area contributed by atoms with Crippen LogP contribution in [0.1, 0.15) is 77.6 Å². The first-order valence-corrected chi connectivity index (χ1v) is 17.9. The first-order chi connectivity index (χ1) is 24.3. The van der Waals surface area contributed by atoms with Gasteiger partial charge in [0, 0.05) is 37.9 Å². The summed E-state index contributed by atoms with van der Waals surface area (Å²) < 4.78 is 0. The van der Waals surface area contributed by atoms with Gasteiger partial charge in [-0.25, -0.2) is 0 Å². The second kappa shape index (κ2) is 14.4. The van der Waals surface area contributed by atoms with Crippen LogP contribution in [0.2, 0.25) is 0 Å². The summed E-state index contributed by atoms with van der Waals surface area (Å²) in [5.74, 6) is 0. The molecule has 1 aliphatic carbocycles. The van der Waals surface area contributed by atoms with Gasteiger partial charge in [0.1, 0.15) is 0 Å². The van der Waals surface area contributed by atoms with Gasteiger partial charge in [0.25, 0.3) is 0 Å². The predicted molar refractivity (Wildman–Crippen MR) is 215 cm³/mol. The first-order valence-electron chi connectivity index (χ1n) is 17.9. The van der Waals surface area contributed by atoms with Crippen molar-refractivity contribution in [2.45, 2.75) is 71.6 Å². The van der Waals surface area contributed by atoms with E-state index in [9.17, 15) is 0 Å². The normalized spacial score (nSPS) is 13.0. The van der Waals surface area contributed by atoms with E-state index in [4.69, 9.17) is 4.98 Å². The Morgan fingerprint density at radius 3 is 1.92 bits per heavy atom. The topological polar surface area (TPSA) is 25.8 Å². The maximum atomic E-state index is 4.87. The standard InChI is InChI=1S/C28H26N.C21H20N.Ir/c1-27(2,3)20-11-8-10-19(17-20)26-25-23(15-16-29-26)22-14-13-18-9-6-7-12-21(18)24(22)28(25,4)5;1-21(2,3)19-12-13-22-20(15-19)18-11-7-10-17(14-18)16-8-5-4-6-9-16;/h6-9,11-17H,1-5H3;4-10,12-15H,1-3H3;/q2*-1;. The summed E-state index contributed by atoms with van der Waals surface area (Å²) in [5.41, 5.74) is 14.6. The van der Waals surface area contributed by atoms with Crippen LogP contribution in [-0.2, 0) is 36.4 Å². The maximum absolute atomic E-state index is 4.87. The summed E-state index contributed by atoms with van der Waals surface area (Å²) in [6, 6.07) is 49.5. The van der Waals surface area contributed by atoms with Crippen LogP contribution in [0.25, 0.3) is 55.5 Å². The molecule has 0 unspecified atom stereocenters. The number of nitrogens with zero attached hydrogens (tertiary/aromatic N) is 2. The number of hydrogen-bond donors (Lipinski definition) is 0. The molecule has 1 radical (unpaired) electrons. The van der Waals surface area contributed by atoms with Crippen LogP contribution in [0.15, 0.2) is 134 Å². The molecule has 3 heteroatoms. The van der Waals surface area contributed by atoms with Crippen molar-refractivity contribution in [1.82, 2.24) is 9.97 Å². The summed E-state index contributed by atoms with van der Waals surface area (Å²) in [7, 11) is 0. The third kappa shape index (κ3) is 7.18. The average Bonchev–Trinajstić information content (AvgIpc) is 3.38. The molecular formula is C49H46IrN2-2. The Hall–Kier alpha value is -4.69. The maximum Gasteiger partial charge on any atom is 0.0167 e. The molecule has 7 aromatic rings. The van der Waals surface area contributed by atoms with E-state index in [-0.39, 0.29) is 36.4 Å². The minimum Gasteiger partial charge on any atom is -0.305 e. The number of pyridine rings is 2. The molecule has 0 bridgehead atoms. The molecule has 2 aromatic heterocycles. The molecule has 0 spiro atoms. The molecule has 0 amide bonds. The van der Waals surface area contributed by atoms with Crippen LogP contribution in [-0.4, -0.2) is 9.97 Å². The molecular weight excluding hydrogens is 809 g/mol. The van der Waals surface area contributed by atoms with E-state index >= 15 is 0 Å². The van der Waals surface area contributed by atoms with Crippen LogP contribution >= 0.6 is 0 Å². The summed E-state index contributed by atoms with van der Waals surface area (Å²) in [5, 5.41) is 2.63. The fraction of sp³-hybridized carbons (Fsp3) is 0.224. The molecule has 0 saturated carbocycles. The van der Waals surface area contributed by atoms with Gasteiger partial charge in [-0.05, 0) is 78.5 Å². The van der Waals surface area contributed by atoms with Gasteiger partial charge in [-0.3, -0.25) is 0 Å². The van der Waals surface area contributed by atoms with E-state index in [2.05, 4.69) is 176 Å². The van der Waals surface area contributed by atoms with E-state index in [0.717, 1.165) is 22.5 Å². The number of aromatic nitrogens is 2. The van der Waals surface area contributed by atoms with Gasteiger partial charge in [-0.15, -0.1) is 70.8 Å². The van der Waals surface area contributed by atoms with Gasteiger partial charge in [0.15, 0.2) is 0 Å². The van der Waals surface area contributed by atoms with Crippen molar-refractivity contribution in [2.75, 3.05) is 0 Å². The Kier molecular flexibility index (Phi) is 10.3. The van der Waals surface area contributed by atoms with Gasteiger partial charge in [0.05, 0.1) is 0 Å². The minimum atomic E-state index is -0.124. The van der Waals surface area contributed by atoms with E-state index in [1.807, 2.05) is 30.6 Å². The summed E-state index contributed by atoms with van der Waals surface area (Å²) >= 11 is 0. The third-order valence-electron chi connectivity index (χ3n) is 10.2. The van der Waals surface area contributed by atoms with Crippen LogP contribution in [0.3, 0.4) is 0 Å². The molecule has 0 aliphatic heterocycles. The fourth-order valence-electron chi connectivity index (χ4n) is 7.36. The van der Waals surface area contributed by atoms with Crippen LogP contribution < -0.4 is 0 Å². The van der Waals surface area contributed by atoms with E-state index in [1.54, 1.807) is 0 Å². The van der Waals surface area contributed by atoms with Crippen molar-refractivity contribution in [3.8, 4) is 44.8 Å². The van der Waals surface area contributed by atoms with Crippen molar-refractivity contribution in [3.05, 3.63) is 168 Å². The monoisotopic (exact) mass is 855 g/mol. The molecule has 52 heavy (non-hydrogen) atoms. The van der Waals surface area contributed by atoms with Gasteiger partial charge >= 0.3 is 0 Å². The Bertz CT molecular complexity index is 2360. The molecule has 1 aliphatic rings. The molecule has 0 atom stereocenters. The Morgan fingerprint density at radius 1 is 0.538 bits per heavy atom. The molecule has 5 aromatic carbocycles. The zero-order chi connectivity index (χ0) is 36.0. The molecule has 2 heterocycles. The molecule has 2 nitrogen and oxygen atoms in total. The van der Waals surface area contributed by atoms with E-state index in [0.29, 0.717) is 0 Å². The summed E-state index contributed by atoms with van der Waals surface area (Å²) in [4.78, 5) is 9.40. The van der Waals surface area contributed by atoms with Crippen LogP contribution in [0.5, 0.6) is 0 Å². The quantitative estimate of drug-likeness (QED) is 0.166. The smallest absolute Gasteiger partial charge is 0.0167 e. The minimum absolute atomic E-state index is 0. The van der Waals surface area contributed by atoms with Crippen molar-refractivity contribution < 1.29 is 20.1 Å². The van der Waals surface area contributed by atoms with Crippen molar-refractivity contribution >= 4 is 10.8 Å². The second-order valence-electron chi connectivity index (χ2n) is 16.2. The first kappa shape index (κ1) is 37.1. The molecule has 8 rings (SSSR count). The van der Waals surface area contributed by atoms with E-state index in [1.165, 1.54) is 55.3 Å². The summed E-state index contributed by atoms with van der Waals surface area (Å²) in [6.45, 7) is 18.1. The number of hydrogen-bond acceptors (Lipinski definition) is 2. The van der Waals surface area contributed by atoms with Crippen LogP contribution in [0.4, 0.5) is 0 Å². The number of fused-ring (bicyclic) bond motifs is 5. The predicted octanol–water partition coefficient (Wildman–Crippen LogP) is 12.8. The Balaban J connectivity index is 0.000000182. The number of benzene rings is 5. The fourth-order valence-corrected chi connectivity index (χ4v) is 7.36. The Morgan fingerprint density at radius 2 is 1.17 bits per heavy atom. The Labute approximate surface area is 323 Å². The van der Waals surface area contributed by atoms with Gasteiger partial charge in [-0.1, -0.05) is 128 Å². The van der Waals surface area contributed by atoms with Crippen molar-refractivity contribution in [1.29, 1.82) is 0 Å². The van der Waals surface area contributed by atoms with Crippen LogP contribution in [0, 0.1) is 12.1 Å². The molecule has 0 saturated heterocycles. The van der Waals surface area contributed by atoms with Crippen molar-refractivity contribution in [2.24, 2.45) is 0 Å².